The minimum Gasteiger partial charge on any atom is -0.398 e. The molecule has 1 aliphatic heterocycles. The first-order chi connectivity index (χ1) is 9.29. The molecule has 0 aromatic heterocycles. The highest BCUT2D eigenvalue weighted by Gasteiger charge is 2.41. The number of benzene rings is 1. The minimum atomic E-state index is -4.17. The van der Waals surface area contributed by atoms with Gasteiger partial charge in [0.2, 0.25) is 0 Å². The lowest BCUT2D eigenvalue weighted by Gasteiger charge is -2.33. The highest BCUT2D eigenvalue weighted by molar-refractivity contribution is 9.10. The third-order valence-electron chi connectivity index (χ3n) is 3.49. The highest BCUT2D eigenvalue weighted by Crippen LogP contribution is 2.34. The lowest BCUT2D eigenvalue weighted by Crippen LogP contribution is -2.42. The van der Waals surface area contributed by atoms with Crippen molar-refractivity contribution in [3.8, 4) is 0 Å². The van der Waals surface area contributed by atoms with Gasteiger partial charge in [-0.15, -0.1) is 0 Å². The molecule has 1 heterocycles. The van der Waals surface area contributed by atoms with E-state index in [9.17, 15) is 18.0 Å². The van der Waals surface area contributed by atoms with Crippen LogP contribution in [-0.4, -0.2) is 30.1 Å². The summed E-state index contributed by atoms with van der Waals surface area (Å²) >= 11 is 3.23. The molecule has 3 nitrogen and oxygen atoms in total. The number of anilines is 1. The van der Waals surface area contributed by atoms with Crippen molar-refractivity contribution in [2.24, 2.45) is 5.92 Å². The second-order valence-corrected chi connectivity index (χ2v) is 5.70. The van der Waals surface area contributed by atoms with E-state index in [1.807, 2.05) is 0 Å². The minimum absolute atomic E-state index is 0.0363. The molecule has 0 aliphatic carbocycles. The lowest BCUT2D eigenvalue weighted by atomic mass is 9.96. The van der Waals surface area contributed by atoms with Gasteiger partial charge in [-0.25, -0.2) is 0 Å². The maximum atomic E-state index is 12.6. The summed E-state index contributed by atoms with van der Waals surface area (Å²) in [6.07, 6.45) is -4.24. The molecule has 0 spiro atoms. The van der Waals surface area contributed by atoms with Crippen molar-refractivity contribution < 1.29 is 18.0 Å². The molecule has 0 atom stereocenters. The summed E-state index contributed by atoms with van der Waals surface area (Å²) in [7, 11) is 0. The van der Waals surface area contributed by atoms with E-state index >= 15 is 0 Å². The van der Waals surface area contributed by atoms with Gasteiger partial charge < -0.3 is 10.6 Å². The van der Waals surface area contributed by atoms with Gasteiger partial charge >= 0.3 is 6.18 Å². The van der Waals surface area contributed by atoms with Crippen LogP contribution in [0.5, 0.6) is 0 Å². The van der Waals surface area contributed by atoms with Crippen LogP contribution in [0.1, 0.15) is 23.2 Å². The maximum Gasteiger partial charge on any atom is 0.391 e. The summed E-state index contributed by atoms with van der Waals surface area (Å²) in [6.45, 7) is 0.260. The molecule has 2 N–H and O–H groups in total. The number of hydrogen-bond acceptors (Lipinski definition) is 2. The Balaban J connectivity index is 2.03. The van der Waals surface area contributed by atoms with Gasteiger partial charge in [-0.1, -0.05) is 0 Å². The fourth-order valence-corrected chi connectivity index (χ4v) is 2.63. The van der Waals surface area contributed by atoms with Crippen molar-refractivity contribution in [1.82, 2.24) is 4.90 Å². The third-order valence-corrected chi connectivity index (χ3v) is 4.18. The van der Waals surface area contributed by atoms with Crippen molar-refractivity contribution >= 4 is 27.5 Å². The summed E-state index contributed by atoms with van der Waals surface area (Å²) in [5.41, 5.74) is 6.58. The van der Waals surface area contributed by atoms with E-state index in [0.29, 0.717) is 15.7 Å². The average Bonchev–Trinajstić information content (AvgIpc) is 2.40. The van der Waals surface area contributed by atoms with Gasteiger partial charge in [-0.2, -0.15) is 13.2 Å². The molecular formula is C13H14BrF3N2O. The van der Waals surface area contributed by atoms with Crippen molar-refractivity contribution in [3.63, 3.8) is 0 Å². The molecule has 0 radical (unpaired) electrons. The van der Waals surface area contributed by atoms with E-state index in [1.165, 1.54) is 4.90 Å². The van der Waals surface area contributed by atoms with E-state index in [1.54, 1.807) is 18.2 Å². The molecule has 1 aromatic carbocycles. The second-order valence-electron chi connectivity index (χ2n) is 4.84. The Bertz CT molecular complexity index is 511. The van der Waals surface area contributed by atoms with Gasteiger partial charge in [0.05, 0.1) is 5.92 Å². The van der Waals surface area contributed by atoms with Crippen LogP contribution >= 0.6 is 15.9 Å². The molecule has 1 aliphatic rings. The fourth-order valence-electron chi connectivity index (χ4n) is 2.25. The number of hydrogen-bond donors (Lipinski definition) is 1. The van der Waals surface area contributed by atoms with Crippen molar-refractivity contribution in [2.75, 3.05) is 18.8 Å². The Labute approximate surface area is 123 Å². The molecule has 20 heavy (non-hydrogen) atoms. The van der Waals surface area contributed by atoms with Crippen LogP contribution < -0.4 is 5.73 Å². The number of piperidine rings is 1. The lowest BCUT2D eigenvalue weighted by molar-refractivity contribution is -0.183. The van der Waals surface area contributed by atoms with Crippen LogP contribution in [0.25, 0.3) is 0 Å². The Morgan fingerprint density at radius 2 is 1.90 bits per heavy atom. The van der Waals surface area contributed by atoms with Gasteiger partial charge in [0, 0.05) is 28.8 Å². The second kappa shape index (κ2) is 5.63. The summed E-state index contributed by atoms with van der Waals surface area (Å²) in [5, 5.41) is 0. The van der Waals surface area contributed by atoms with Crippen LogP contribution in [0.4, 0.5) is 18.9 Å². The summed E-state index contributed by atoms with van der Waals surface area (Å²) in [5.74, 6) is -1.56. The zero-order valence-electron chi connectivity index (χ0n) is 10.6. The van der Waals surface area contributed by atoms with E-state index in [-0.39, 0.29) is 31.8 Å². The monoisotopic (exact) mass is 350 g/mol. The normalized spacial score (nSPS) is 17.3. The Kier molecular flexibility index (Phi) is 4.27. The Morgan fingerprint density at radius 3 is 2.40 bits per heavy atom. The van der Waals surface area contributed by atoms with E-state index in [4.69, 9.17) is 5.73 Å². The number of halogens is 4. The Hall–Kier alpha value is -1.24. The number of alkyl halides is 3. The van der Waals surface area contributed by atoms with E-state index < -0.39 is 12.1 Å². The van der Waals surface area contributed by atoms with Gasteiger partial charge in [0.25, 0.3) is 5.91 Å². The third kappa shape index (κ3) is 3.26. The predicted molar refractivity (Wildman–Crippen MR) is 73.2 cm³/mol. The smallest absolute Gasteiger partial charge is 0.391 e. The summed E-state index contributed by atoms with van der Waals surface area (Å²) < 4.78 is 38.3. The molecule has 0 unspecified atom stereocenters. The van der Waals surface area contributed by atoms with Crippen molar-refractivity contribution in [1.29, 1.82) is 0 Å². The molecule has 2 rings (SSSR count). The zero-order chi connectivity index (χ0) is 14.9. The van der Waals surface area contributed by atoms with Crippen LogP contribution in [0.2, 0.25) is 0 Å². The number of nitrogen functional groups attached to an aromatic ring is 1. The number of likely N-dealkylation sites (tertiary alicyclic amines) is 1. The fraction of sp³-hybridized carbons (Fsp3) is 0.462. The molecule has 1 aromatic rings. The van der Waals surface area contributed by atoms with Gasteiger partial charge in [-0.3, -0.25) is 4.79 Å². The average molecular weight is 351 g/mol. The van der Waals surface area contributed by atoms with Crippen molar-refractivity contribution in [3.05, 3.63) is 28.2 Å². The number of amides is 1. The first-order valence-corrected chi connectivity index (χ1v) is 6.99. The first-order valence-electron chi connectivity index (χ1n) is 6.20. The summed E-state index contributed by atoms with van der Waals surface area (Å²) in [6, 6.07) is 4.77. The van der Waals surface area contributed by atoms with Crippen LogP contribution in [-0.2, 0) is 0 Å². The highest BCUT2D eigenvalue weighted by atomic mass is 79.9. The number of rotatable bonds is 1. The Morgan fingerprint density at radius 1 is 1.30 bits per heavy atom. The van der Waals surface area contributed by atoms with Crippen LogP contribution in [0.15, 0.2) is 22.7 Å². The summed E-state index contributed by atoms with van der Waals surface area (Å²) in [4.78, 5) is 13.7. The molecular weight excluding hydrogens is 337 g/mol. The number of carbonyl (C=O) groups is 1. The van der Waals surface area contributed by atoms with E-state index in [0.717, 1.165) is 0 Å². The molecule has 1 fully saturated rings. The first kappa shape index (κ1) is 15.2. The van der Waals surface area contributed by atoms with Gasteiger partial charge in [-0.05, 0) is 47.0 Å². The number of nitrogens with zero attached hydrogens (tertiary/aromatic N) is 1. The number of nitrogens with two attached hydrogens (primary N) is 1. The van der Waals surface area contributed by atoms with Crippen LogP contribution in [0.3, 0.4) is 0 Å². The molecule has 0 bridgehead atoms. The van der Waals surface area contributed by atoms with Crippen molar-refractivity contribution in [2.45, 2.75) is 19.0 Å². The standard InChI is InChI=1S/C13H14BrF3N2O/c14-10-7-8(1-2-11(10)18)12(20)19-5-3-9(4-6-19)13(15,16)17/h1-2,7,9H,3-6,18H2. The predicted octanol–water partition coefficient (Wildman–Crippen LogP) is 3.45. The van der Waals surface area contributed by atoms with Gasteiger partial charge in [0.15, 0.2) is 0 Å². The van der Waals surface area contributed by atoms with Gasteiger partial charge in [0.1, 0.15) is 0 Å². The zero-order valence-corrected chi connectivity index (χ0v) is 12.2. The topological polar surface area (TPSA) is 46.3 Å². The quantitative estimate of drug-likeness (QED) is 0.788. The number of carbonyl (C=O) groups excluding carboxylic acids is 1. The molecule has 1 saturated heterocycles. The maximum absolute atomic E-state index is 12.6. The molecule has 7 heteroatoms. The van der Waals surface area contributed by atoms with Crippen LogP contribution in [0, 0.1) is 5.92 Å². The molecule has 0 saturated carbocycles. The molecule has 1 amide bonds. The molecule has 110 valence electrons. The van der Waals surface area contributed by atoms with E-state index in [2.05, 4.69) is 15.9 Å². The largest absolute Gasteiger partial charge is 0.398 e. The SMILES string of the molecule is Nc1ccc(C(=O)N2CCC(C(F)(F)F)CC2)cc1Br.